The van der Waals surface area contributed by atoms with Gasteiger partial charge in [-0.3, -0.25) is 14.6 Å². The highest BCUT2D eigenvalue weighted by molar-refractivity contribution is 5.96. The molecule has 0 spiro atoms. The molecular formula is C32H29N5O2. The molecule has 7 nitrogen and oxygen atoms in total. The van der Waals surface area contributed by atoms with Gasteiger partial charge in [0.1, 0.15) is 5.69 Å². The van der Waals surface area contributed by atoms with Crippen molar-refractivity contribution in [1.29, 1.82) is 0 Å². The molecule has 2 N–H and O–H groups in total. The van der Waals surface area contributed by atoms with E-state index in [1.807, 2.05) is 79.7 Å². The van der Waals surface area contributed by atoms with Crippen LogP contribution >= 0.6 is 0 Å². The van der Waals surface area contributed by atoms with Crippen LogP contribution in [-0.2, 0) is 6.54 Å². The summed E-state index contributed by atoms with van der Waals surface area (Å²) in [7, 11) is 0. The van der Waals surface area contributed by atoms with E-state index >= 15 is 0 Å². The first-order valence-electron chi connectivity index (χ1n) is 13.3. The summed E-state index contributed by atoms with van der Waals surface area (Å²) in [5, 5.41) is 13.0. The zero-order chi connectivity index (χ0) is 26.8. The molecule has 0 unspecified atom stereocenters. The lowest BCUT2D eigenvalue weighted by molar-refractivity contribution is 0.0917. The lowest BCUT2D eigenvalue weighted by Gasteiger charge is -2.26. The van der Waals surface area contributed by atoms with Crippen LogP contribution < -0.4 is 16.2 Å². The van der Waals surface area contributed by atoms with Crippen molar-refractivity contribution < 1.29 is 4.79 Å². The highest BCUT2D eigenvalue weighted by Crippen LogP contribution is 2.29. The van der Waals surface area contributed by atoms with Crippen molar-refractivity contribution in [2.75, 3.05) is 5.32 Å². The summed E-state index contributed by atoms with van der Waals surface area (Å²) in [6.45, 7) is 2.34. The Labute approximate surface area is 226 Å². The first-order chi connectivity index (χ1) is 19.1. The van der Waals surface area contributed by atoms with Crippen molar-refractivity contribution in [3.63, 3.8) is 0 Å². The van der Waals surface area contributed by atoms with Crippen molar-refractivity contribution in [1.82, 2.24) is 20.1 Å². The second-order valence-corrected chi connectivity index (χ2v) is 9.86. The molecule has 0 aliphatic heterocycles. The Morgan fingerprint density at radius 3 is 2.46 bits per heavy atom. The molecular weight excluding hydrogens is 486 g/mol. The number of nitrogens with one attached hydrogen (secondary N) is 2. The standard InChI is InChI=1S/C32H29N5O2/c1-2-37-32(39)29(35-30-20-33-19-25-8-3-4-15-27(25)30)18-28(36-37)23-11-5-9-21(16-23)22-10-6-12-24(17-22)31(38)34-26-13-7-14-26/h3-6,8-12,15-20,26,35H,2,7,13-14H2,1H3,(H,34,38). The van der Waals surface area contributed by atoms with Gasteiger partial charge < -0.3 is 10.6 Å². The van der Waals surface area contributed by atoms with E-state index < -0.39 is 0 Å². The van der Waals surface area contributed by atoms with E-state index in [1.165, 1.54) is 11.1 Å². The summed E-state index contributed by atoms with van der Waals surface area (Å²) in [4.78, 5) is 30.3. The highest BCUT2D eigenvalue weighted by Gasteiger charge is 2.20. The number of amides is 1. The van der Waals surface area contributed by atoms with Crippen LogP contribution in [0.2, 0.25) is 0 Å². The zero-order valence-corrected chi connectivity index (χ0v) is 21.7. The van der Waals surface area contributed by atoms with Crippen LogP contribution in [0.4, 0.5) is 11.4 Å². The molecule has 3 aromatic carbocycles. The number of rotatable bonds is 7. The minimum Gasteiger partial charge on any atom is -0.349 e. The lowest BCUT2D eigenvalue weighted by atomic mass is 9.92. The maximum atomic E-state index is 13.2. The number of fused-ring (bicyclic) bond motifs is 1. The number of aromatic nitrogens is 3. The summed E-state index contributed by atoms with van der Waals surface area (Å²) >= 11 is 0. The van der Waals surface area contributed by atoms with Crippen molar-refractivity contribution in [2.45, 2.75) is 38.8 Å². The van der Waals surface area contributed by atoms with Crippen molar-refractivity contribution in [2.24, 2.45) is 0 Å². The van der Waals surface area contributed by atoms with Gasteiger partial charge in [-0.25, -0.2) is 4.68 Å². The second kappa shape index (κ2) is 10.5. The molecule has 194 valence electrons. The number of hydrogen-bond acceptors (Lipinski definition) is 5. The van der Waals surface area contributed by atoms with Gasteiger partial charge in [-0.1, -0.05) is 54.6 Å². The number of benzene rings is 3. The van der Waals surface area contributed by atoms with Crippen LogP contribution in [-0.4, -0.2) is 26.7 Å². The Morgan fingerprint density at radius 2 is 1.67 bits per heavy atom. The van der Waals surface area contributed by atoms with Crippen LogP contribution in [0, 0.1) is 0 Å². The fourth-order valence-electron chi connectivity index (χ4n) is 4.87. The molecule has 0 bridgehead atoms. The van der Waals surface area contributed by atoms with Gasteiger partial charge >= 0.3 is 0 Å². The molecule has 7 heteroatoms. The molecule has 39 heavy (non-hydrogen) atoms. The molecule has 2 heterocycles. The van der Waals surface area contributed by atoms with Crippen LogP contribution in [0.3, 0.4) is 0 Å². The SMILES string of the molecule is CCn1nc(-c2cccc(-c3cccc(C(=O)NC4CCC4)c3)c2)cc(Nc2cncc3ccccc23)c1=O. The third-order valence-corrected chi connectivity index (χ3v) is 7.27. The molecule has 1 aliphatic carbocycles. The fraction of sp³-hybridized carbons (Fsp3) is 0.188. The van der Waals surface area contributed by atoms with E-state index in [1.54, 1.807) is 18.5 Å². The summed E-state index contributed by atoms with van der Waals surface area (Å²) in [6.07, 6.45) is 6.81. The summed E-state index contributed by atoms with van der Waals surface area (Å²) in [5.41, 5.74) is 5.10. The minimum atomic E-state index is -0.199. The van der Waals surface area contributed by atoms with Gasteiger partial charge in [0.05, 0.1) is 17.6 Å². The van der Waals surface area contributed by atoms with Crippen LogP contribution in [0.1, 0.15) is 36.5 Å². The number of anilines is 2. The minimum absolute atomic E-state index is 0.0342. The summed E-state index contributed by atoms with van der Waals surface area (Å²) < 4.78 is 1.47. The predicted octanol–water partition coefficient (Wildman–Crippen LogP) is 6.17. The first-order valence-corrected chi connectivity index (χ1v) is 13.3. The van der Waals surface area contributed by atoms with Gasteiger partial charge in [0, 0.05) is 40.7 Å². The molecule has 0 radical (unpaired) electrons. The lowest BCUT2D eigenvalue weighted by Crippen LogP contribution is -2.39. The smallest absolute Gasteiger partial charge is 0.290 e. The van der Waals surface area contributed by atoms with Crippen molar-refractivity contribution in [3.8, 4) is 22.4 Å². The first kappa shape index (κ1) is 24.6. The second-order valence-electron chi connectivity index (χ2n) is 9.86. The van der Waals surface area contributed by atoms with Crippen LogP contribution in [0.15, 0.2) is 96.1 Å². The predicted molar refractivity (Wildman–Crippen MR) is 155 cm³/mol. The Hall–Kier alpha value is -4.78. The third kappa shape index (κ3) is 5.03. The van der Waals surface area contributed by atoms with Crippen LogP contribution in [0.25, 0.3) is 33.2 Å². The van der Waals surface area contributed by atoms with E-state index in [4.69, 9.17) is 0 Å². The molecule has 0 saturated heterocycles. The molecule has 1 aliphatic rings. The fourth-order valence-corrected chi connectivity index (χ4v) is 4.87. The highest BCUT2D eigenvalue weighted by atomic mass is 16.1. The maximum absolute atomic E-state index is 13.2. The molecule has 5 aromatic rings. The summed E-state index contributed by atoms with van der Waals surface area (Å²) in [5.74, 6) is -0.0342. The van der Waals surface area contributed by atoms with E-state index in [-0.39, 0.29) is 17.5 Å². The quantitative estimate of drug-likeness (QED) is 0.271. The van der Waals surface area contributed by atoms with E-state index in [0.717, 1.165) is 46.0 Å². The maximum Gasteiger partial charge on any atom is 0.290 e. The van der Waals surface area contributed by atoms with Crippen molar-refractivity contribution in [3.05, 3.63) is 107 Å². The van der Waals surface area contributed by atoms with Gasteiger partial charge in [-0.2, -0.15) is 5.10 Å². The largest absolute Gasteiger partial charge is 0.349 e. The zero-order valence-electron chi connectivity index (χ0n) is 21.7. The van der Waals surface area contributed by atoms with Gasteiger partial charge in [-0.05, 0) is 61.6 Å². The van der Waals surface area contributed by atoms with Gasteiger partial charge in [0.15, 0.2) is 0 Å². The Morgan fingerprint density at radius 1 is 0.897 bits per heavy atom. The molecule has 1 fully saturated rings. The molecule has 1 amide bonds. The van der Waals surface area contributed by atoms with Gasteiger partial charge in [0.2, 0.25) is 0 Å². The Balaban J connectivity index is 1.34. The average molecular weight is 516 g/mol. The number of pyridine rings is 1. The normalized spacial score (nSPS) is 13.2. The van der Waals surface area contributed by atoms with E-state index in [2.05, 4.69) is 20.7 Å². The summed E-state index contributed by atoms with van der Waals surface area (Å²) in [6, 6.07) is 25.7. The van der Waals surface area contributed by atoms with Crippen LogP contribution in [0.5, 0.6) is 0 Å². The van der Waals surface area contributed by atoms with Gasteiger partial charge in [0.25, 0.3) is 11.5 Å². The average Bonchev–Trinajstić information content (AvgIpc) is 2.96. The number of aryl methyl sites for hydroxylation is 1. The molecule has 0 atom stereocenters. The monoisotopic (exact) mass is 515 g/mol. The molecule has 1 saturated carbocycles. The van der Waals surface area contributed by atoms with E-state index in [9.17, 15) is 9.59 Å². The topological polar surface area (TPSA) is 88.9 Å². The Bertz CT molecular complexity index is 1730. The van der Waals surface area contributed by atoms with Gasteiger partial charge in [-0.15, -0.1) is 0 Å². The number of carbonyl (C=O) groups excluding carboxylic acids is 1. The number of hydrogen-bond donors (Lipinski definition) is 2. The van der Waals surface area contributed by atoms with Crippen molar-refractivity contribution >= 4 is 28.1 Å². The molecule has 2 aromatic heterocycles. The number of carbonyl (C=O) groups is 1. The Kier molecular flexibility index (Phi) is 6.63. The number of nitrogens with zero attached hydrogens (tertiary/aromatic N) is 3. The molecule has 6 rings (SSSR count). The van der Waals surface area contributed by atoms with E-state index in [0.29, 0.717) is 23.5 Å². The third-order valence-electron chi connectivity index (χ3n) is 7.27.